The molecule has 0 aliphatic carbocycles. The summed E-state index contributed by atoms with van der Waals surface area (Å²) in [4.78, 5) is 0. The molecule has 0 heterocycles. The molecule has 0 spiro atoms. The van der Waals surface area contributed by atoms with E-state index in [1.807, 2.05) is 11.8 Å². The lowest BCUT2D eigenvalue weighted by atomic mass is 10.1. The van der Waals surface area contributed by atoms with E-state index in [1.54, 1.807) is 0 Å². The summed E-state index contributed by atoms with van der Waals surface area (Å²) >= 11 is 7.58. The van der Waals surface area contributed by atoms with Crippen LogP contribution in [0.5, 0.6) is 0 Å². The van der Waals surface area contributed by atoms with Crippen molar-refractivity contribution in [3.8, 4) is 0 Å². The van der Waals surface area contributed by atoms with Gasteiger partial charge in [0.1, 0.15) is 0 Å². The molecule has 0 amide bonds. The number of halogens is 1. The fraction of sp³-hybridized carbons (Fsp3) is 0.500. The Morgan fingerprint density at radius 2 is 2.00 bits per heavy atom. The minimum Gasteiger partial charge on any atom is -0.157 e. The number of aryl methyl sites for hydroxylation is 2. The Bertz CT molecular complexity index is 284. The maximum Gasteiger partial charge on any atom is 0.0231 e. The summed E-state index contributed by atoms with van der Waals surface area (Å²) in [7, 11) is 0. The number of hydrogen-bond acceptors (Lipinski definition) is 1. The van der Waals surface area contributed by atoms with Gasteiger partial charge in [-0.15, -0.1) is 11.6 Å². The molecule has 0 nitrogen and oxygen atoms in total. The summed E-state index contributed by atoms with van der Waals surface area (Å²) < 4.78 is 0. The second kappa shape index (κ2) is 6.36. The van der Waals surface area contributed by atoms with Crippen LogP contribution >= 0.6 is 23.4 Å². The van der Waals surface area contributed by atoms with Gasteiger partial charge < -0.3 is 0 Å². The molecule has 1 aromatic carbocycles. The van der Waals surface area contributed by atoms with Crippen molar-refractivity contribution in [3.63, 3.8) is 0 Å². The van der Waals surface area contributed by atoms with Gasteiger partial charge in [-0.25, -0.2) is 0 Å². The van der Waals surface area contributed by atoms with Gasteiger partial charge in [-0.05, 0) is 42.7 Å². The van der Waals surface area contributed by atoms with Crippen LogP contribution in [0.25, 0.3) is 0 Å². The van der Waals surface area contributed by atoms with E-state index < -0.39 is 0 Å². The summed E-state index contributed by atoms with van der Waals surface area (Å²) in [6.07, 6.45) is 1.11. The van der Waals surface area contributed by atoms with E-state index >= 15 is 0 Å². The first kappa shape index (κ1) is 11.9. The lowest BCUT2D eigenvalue weighted by Crippen LogP contribution is -1.87. The van der Waals surface area contributed by atoms with Crippen molar-refractivity contribution in [1.82, 2.24) is 0 Å². The summed E-state index contributed by atoms with van der Waals surface area (Å²) in [6, 6.07) is 6.70. The molecule has 14 heavy (non-hydrogen) atoms. The zero-order valence-electron chi connectivity index (χ0n) is 8.85. The Balaban J connectivity index is 2.39. The Morgan fingerprint density at radius 3 is 2.64 bits per heavy atom. The fourth-order valence-electron chi connectivity index (χ4n) is 1.24. The maximum atomic E-state index is 5.62. The Kier molecular flexibility index (Phi) is 5.42. The molecule has 0 fully saturated rings. The van der Waals surface area contributed by atoms with Gasteiger partial charge in [0.25, 0.3) is 0 Å². The highest BCUT2D eigenvalue weighted by Crippen LogP contribution is 2.16. The number of benzene rings is 1. The van der Waals surface area contributed by atoms with Crippen molar-refractivity contribution >= 4 is 23.4 Å². The number of rotatable bonds is 5. The highest BCUT2D eigenvalue weighted by molar-refractivity contribution is 7.98. The average Bonchev–Trinajstić information content (AvgIpc) is 2.18. The van der Waals surface area contributed by atoms with Gasteiger partial charge >= 0.3 is 0 Å². The lowest BCUT2D eigenvalue weighted by molar-refractivity contribution is 1.11. The van der Waals surface area contributed by atoms with Crippen molar-refractivity contribution in [3.05, 3.63) is 34.9 Å². The minimum atomic E-state index is 0.778. The van der Waals surface area contributed by atoms with Crippen LogP contribution in [0.1, 0.15) is 23.1 Å². The standard InChI is InChI=1S/C12H17ClS/c1-10-4-5-12(8-11(10)2)9-14-7-3-6-13/h4-5,8H,3,6-7,9H2,1-2H3. The average molecular weight is 229 g/mol. The molecule has 1 aromatic rings. The smallest absolute Gasteiger partial charge is 0.0231 e. The molecule has 0 aromatic heterocycles. The van der Waals surface area contributed by atoms with Gasteiger partial charge in [-0.2, -0.15) is 11.8 Å². The van der Waals surface area contributed by atoms with Crippen LogP contribution in [0.15, 0.2) is 18.2 Å². The second-order valence-corrected chi connectivity index (χ2v) is 5.00. The molecular weight excluding hydrogens is 212 g/mol. The molecule has 0 bridgehead atoms. The van der Waals surface area contributed by atoms with E-state index in [4.69, 9.17) is 11.6 Å². The predicted octanol–water partition coefficient (Wildman–Crippen LogP) is 4.17. The summed E-state index contributed by atoms with van der Waals surface area (Å²) in [6.45, 7) is 4.32. The zero-order valence-corrected chi connectivity index (χ0v) is 10.4. The number of hydrogen-bond donors (Lipinski definition) is 0. The third kappa shape index (κ3) is 3.93. The van der Waals surface area contributed by atoms with Gasteiger partial charge in [-0.3, -0.25) is 0 Å². The molecule has 1 rings (SSSR count). The van der Waals surface area contributed by atoms with E-state index in [0.717, 1.165) is 23.8 Å². The normalized spacial score (nSPS) is 10.5. The largest absolute Gasteiger partial charge is 0.157 e. The minimum absolute atomic E-state index is 0.778. The van der Waals surface area contributed by atoms with E-state index in [1.165, 1.54) is 16.7 Å². The zero-order chi connectivity index (χ0) is 10.4. The summed E-state index contributed by atoms with van der Waals surface area (Å²) in [5.74, 6) is 3.05. The van der Waals surface area contributed by atoms with Gasteiger partial charge in [0.05, 0.1) is 0 Å². The van der Waals surface area contributed by atoms with Crippen molar-refractivity contribution in [1.29, 1.82) is 0 Å². The van der Waals surface area contributed by atoms with Gasteiger partial charge in [-0.1, -0.05) is 18.2 Å². The molecule has 0 atom stereocenters. The summed E-state index contributed by atoms with van der Waals surface area (Å²) in [5, 5.41) is 0. The van der Waals surface area contributed by atoms with Crippen molar-refractivity contribution < 1.29 is 0 Å². The van der Waals surface area contributed by atoms with Crippen molar-refractivity contribution in [2.45, 2.75) is 26.0 Å². The SMILES string of the molecule is Cc1ccc(CSCCCCl)cc1C. The lowest BCUT2D eigenvalue weighted by Gasteiger charge is -2.04. The van der Waals surface area contributed by atoms with E-state index in [-0.39, 0.29) is 0 Å². The van der Waals surface area contributed by atoms with E-state index in [9.17, 15) is 0 Å². The highest BCUT2D eigenvalue weighted by Gasteiger charge is 1.96. The fourth-order valence-corrected chi connectivity index (χ4v) is 2.44. The molecule has 2 heteroatoms. The molecule has 0 saturated heterocycles. The van der Waals surface area contributed by atoms with E-state index in [2.05, 4.69) is 32.0 Å². The van der Waals surface area contributed by atoms with Crippen molar-refractivity contribution in [2.24, 2.45) is 0 Å². The second-order valence-electron chi connectivity index (χ2n) is 3.51. The van der Waals surface area contributed by atoms with Gasteiger partial charge in [0, 0.05) is 11.6 Å². The van der Waals surface area contributed by atoms with E-state index in [0.29, 0.717) is 0 Å². The molecule has 0 aliphatic rings. The molecule has 0 unspecified atom stereocenters. The van der Waals surface area contributed by atoms with Crippen LogP contribution in [0.2, 0.25) is 0 Å². The van der Waals surface area contributed by atoms with Crippen LogP contribution < -0.4 is 0 Å². The maximum absolute atomic E-state index is 5.62. The van der Waals surface area contributed by atoms with Crippen LogP contribution in [0, 0.1) is 13.8 Å². The molecular formula is C12H17ClS. The van der Waals surface area contributed by atoms with Crippen LogP contribution in [-0.2, 0) is 5.75 Å². The quantitative estimate of drug-likeness (QED) is 0.539. The number of alkyl halides is 1. The van der Waals surface area contributed by atoms with Gasteiger partial charge in [0.15, 0.2) is 0 Å². The first-order valence-electron chi connectivity index (χ1n) is 4.94. The molecule has 0 saturated carbocycles. The third-order valence-corrected chi connectivity index (χ3v) is 3.64. The summed E-state index contributed by atoms with van der Waals surface area (Å²) in [5.41, 5.74) is 4.19. The first-order valence-corrected chi connectivity index (χ1v) is 6.63. The monoisotopic (exact) mass is 228 g/mol. The molecule has 0 aliphatic heterocycles. The molecule has 0 radical (unpaired) electrons. The number of thioether (sulfide) groups is 1. The molecule has 78 valence electrons. The van der Waals surface area contributed by atoms with Gasteiger partial charge in [0.2, 0.25) is 0 Å². The Hall–Kier alpha value is -0.140. The third-order valence-electron chi connectivity index (χ3n) is 2.26. The van der Waals surface area contributed by atoms with Crippen LogP contribution in [0.4, 0.5) is 0 Å². The predicted molar refractivity (Wildman–Crippen MR) is 67.4 cm³/mol. The molecule has 0 N–H and O–H groups in total. The van der Waals surface area contributed by atoms with Crippen LogP contribution in [0.3, 0.4) is 0 Å². The Labute approximate surface area is 96.0 Å². The topological polar surface area (TPSA) is 0 Å². The highest BCUT2D eigenvalue weighted by atomic mass is 35.5. The van der Waals surface area contributed by atoms with Crippen molar-refractivity contribution in [2.75, 3.05) is 11.6 Å². The van der Waals surface area contributed by atoms with Crippen LogP contribution in [-0.4, -0.2) is 11.6 Å². The Morgan fingerprint density at radius 1 is 1.21 bits per heavy atom. The first-order chi connectivity index (χ1) is 6.74.